The number of esters is 1. The van der Waals surface area contributed by atoms with Crippen LogP contribution in [0.2, 0.25) is 0 Å². The molecule has 0 heterocycles. The van der Waals surface area contributed by atoms with Gasteiger partial charge in [0.1, 0.15) is 6.04 Å². The van der Waals surface area contributed by atoms with Crippen LogP contribution >= 0.6 is 0 Å². The number of benzene rings is 1. The van der Waals surface area contributed by atoms with Crippen molar-refractivity contribution in [2.24, 2.45) is 5.92 Å². The van der Waals surface area contributed by atoms with E-state index in [1.165, 1.54) is 45.5 Å². The lowest BCUT2D eigenvalue weighted by Gasteiger charge is -2.22. The van der Waals surface area contributed by atoms with Gasteiger partial charge in [0.2, 0.25) is 10.0 Å². The third-order valence-electron chi connectivity index (χ3n) is 3.83. The monoisotopic (exact) mass is 356 g/mol. The molecule has 1 amide bonds. The number of nitrogens with one attached hydrogen (secondary N) is 1. The lowest BCUT2D eigenvalue weighted by Crippen LogP contribution is -2.45. The van der Waals surface area contributed by atoms with Gasteiger partial charge in [-0.15, -0.1) is 0 Å². The summed E-state index contributed by atoms with van der Waals surface area (Å²) < 4.78 is 30.1. The minimum absolute atomic E-state index is 0.0123. The highest BCUT2D eigenvalue weighted by Gasteiger charge is 2.27. The van der Waals surface area contributed by atoms with Crippen LogP contribution in [0, 0.1) is 5.92 Å². The van der Waals surface area contributed by atoms with Crippen molar-refractivity contribution >= 4 is 21.9 Å². The van der Waals surface area contributed by atoms with E-state index in [4.69, 9.17) is 4.74 Å². The highest BCUT2D eigenvalue weighted by Crippen LogP contribution is 2.16. The zero-order valence-corrected chi connectivity index (χ0v) is 15.4. The summed E-state index contributed by atoms with van der Waals surface area (Å²) in [5.74, 6) is -1.17. The normalized spacial score (nSPS) is 14.1. The summed E-state index contributed by atoms with van der Waals surface area (Å²) in [4.78, 5) is 24.3. The summed E-state index contributed by atoms with van der Waals surface area (Å²) >= 11 is 0. The van der Waals surface area contributed by atoms with Gasteiger partial charge in [0.05, 0.1) is 12.0 Å². The van der Waals surface area contributed by atoms with Crippen LogP contribution in [0.15, 0.2) is 29.2 Å². The molecular weight excluding hydrogens is 332 g/mol. The number of ether oxygens (including phenoxy) is 1. The summed E-state index contributed by atoms with van der Waals surface area (Å²) in [5.41, 5.74) is 0.162. The summed E-state index contributed by atoms with van der Waals surface area (Å²) in [5, 5.41) is 2.62. The number of amides is 1. The van der Waals surface area contributed by atoms with Gasteiger partial charge in [0.15, 0.2) is 0 Å². The first-order valence-corrected chi connectivity index (χ1v) is 9.00. The number of carbonyl (C=O) groups is 2. The minimum atomic E-state index is -3.64. The van der Waals surface area contributed by atoms with Gasteiger partial charge in [0.25, 0.3) is 5.91 Å². The molecule has 0 saturated heterocycles. The van der Waals surface area contributed by atoms with Crippen molar-refractivity contribution in [2.45, 2.75) is 31.2 Å². The Bertz CT molecular complexity index is 700. The van der Waals surface area contributed by atoms with Crippen LogP contribution in [0.4, 0.5) is 0 Å². The number of methoxy groups -OCH3 is 1. The molecule has 0 saturated carbocycles. The highest BCUT2D eigenvalue weighted by atomic mass is 32.2. The Morgan fingerprint density at radius 1 is 1.29 bits per heavy atom. The van der Waals surface area contributed by atoms with Crippen molar-refractivity contribution in [1.29, 1.82) is 0 Å². The molecule has 2 atom stereocenters. The number of hydrogen-bond donors (Lipinski definition) is 1. The fourth-order valence-electron chi connectivity index (χ4n) is 2.03. The van der Waals surface area contributed by atoms with Crippen molar-refractivity contribution in [1.82, 2.24) is 9.62 Å². The third-order valence-corrected chi connectivity index (χ3v) is 5.64. The molecule has 0 aliphatic rings. The largest absolute Gasteiger partial charge is 0.467 e. The molecule has 0 aliphatic carbocycles. The van der Waals surface area contributed by atoms with Crippen LogP contribution in [0.1, 0.15) is 30.6 Å². The Labute approximate surface area is 143 Å². The van der Waals surface area contributed by atoms with Gasteiger partial charge in [-0.05, 0) is 24.1 Å². The molecule has 0 fully saturated rings. The van der Waals surface area contributed by atoms with Gasteiger partial charge < -0.3 is 10.1 Å². The van der Waals surface area contributed by atoms with Crippen molar-refractivity contribution in [3.63, 3.8) is 0 Å². The highest BCUT2D eigenvalue weighted by molar-refractivity contribution is 7.89. The molecule has 134 valence electrons. The zero-order valence-electron chi connectivity index (χ0n) is 14.6. The first-order chi connectivity index (χ1) is 11.1. The maximum atomic E-state index is 12.4. The fraction of sp³-hybridized carbons (Fsp3) is 0.500. The van der Waals surface area contributed by atoms with Crippen molar-refractivity contribution in [3.8, 4) is 0 Å². The second-order valence-corrected chi connectivity index (χ2v) is 7.83. The van der Waals surface area contributed by atoms with E-state index in [1.54, 1.807) is 0 Å². The lowest BCUT2D eigenvalue weighted by molar-refractivity contribution is -0.144. The van der Waals surface area contributed by atoms with Gasteiger partial charge >= 0.3 is 5.97 Å². The Morgan fingerprint density at radius 2 is 1.92 bits per heavy atom. The number of hydrogen-bond acceptors (Lipinski definition) is 5. The topological polar surface area (TPSA) is 92.8 Å². The summed E-state index contributed by atoms with van der Waals surface area (Å²) in [7, 11) is 0.446. The van der Waals surface area contributed by atoms with E-state index in [1.807, 2.05) is 13.8 Å². The SMILES string of the molecule is CC[C@@H](C)[C@H](NC(=O)c1cccc(S(=O)(=O)N(C)C)c1)C(=O)OC. The van der Waals surface area contributed by atoms with E-state index < -0.39 is 27.9 Å². The van der Waals surface area contributed by atoms with Crippen LogP contribution in [0.25, 0.3) is 0 Å². The standard InChI is InChI=1S/C16H24N2O5S/c1-6-11(2)14(16(20)23-5)17-15(19)12-8-7-9-13(10-12)24(21,22)18(3)4/h7-11,14H,6H2,1-5H3,(H,17,19)/t11-,14+/m1/s1. The lowest BCUT2D eigenvalue weighted by atomic mass is 9.99. The summed E-state index contributed by atoms with van der Waals surface area (Å²) in [6.07, 6.45) is 0.676. The Kier molecular flexibility index (Phi) is 6.92. The minimum Gasteiger partial charge on any atom is -0.467 e. The molecule has 0 bridgehead atoms. The summed E-state index contributed by atoms with van der Waals surface area (Å²) in [6.45, 7) is 3.73. The van der Waals surface area contributed by atoms with E-state index in [-0.39, 0.29) is 16.4 Å². The average molecular weight is 356 g/mol. The van der Waals surface area contributed by atoms with Crippen molar-refractivity contribution in [2.75, 3.05) is 21.2 Å². The second kappa shape index (κ2) is 8.25. The number of sulfonamides is 1. The molecule has 1 rings (SSSR count). The molecule has 0 unspecified atom stereocenters. The Balaban J connectivity index is 3.09. The number of rotatable bonds is 7. The molecule has 0 radical (unpaired) electrons. The van der Waals surface area contributed by atoms with E-state index in [9.17, 15) is 18.0 Å². The molecule has 0 aliphatic heterocycles. The molecule has 7 nitrogen and oxygen atoms in total. The maximum absolute atomic E-state index is 12.4. The van der Waals surface area contributed by atoms with Gasteiger partial charge in [-0.1, -0.05) is 26.3 Å². The van der Waals surface area contributed by atoms with Gasteiger partial charge in [0, 0.05) is 19.7 Å². The molecule has 0 aromatic heterocycles. The van der Waals surface area contributed by atoms with Crippen LogP contribution in [0.5, 0.6) is 0 Å². The Hall–Kier alpha value is -1.93. The average Bonchev–Trinajstić information content (AvgIpc) is 2.57. The number of nitrogens with zero attached hydrogens (tertiary/aromatic N) is 1. The predicted octanol–water partition coefficient (Wildman–Crippen LogP) is 1.25. The van der Waals surface area contributed by atoms with E-state index >= 15 is 0 Å². The van der Waals surface area contributed by atoms with Gasteiger partial charge in [-0.25, -0.2) is 17.5 Å². The van der Waals surface area contributed by atoms with Crippen LogP contribution in [-0.2, 0) is 19.6 Å². The molecular formula is C16H24N2O5S. The quantitative estimate of drug-likeness (QED) is 0.742. The van der Waals surface area contributed by atoms with E-state index in [2.05, 4.69) is 5.32 Å². The van der Waals surface area contributed by atoms with E-state index in [0.29, 0.717) is 6.42 Å². The molecule has 24 heavy (non-hydrogen) atoms. The van der Waals surface area contributed by atoms with Crippen LogP contribution in [-0.4, -0.2) is 51.8 Å². The predicted molar refractivity (Wildman–Crippen MR) is 90.0 cm³/mol. The van der Waals surface area contributed by atoms with E-state index in [0.717, 1.165) is 4.31 Å². The molecule has 8 heteroatoms. The first-order valence-electron chi connectivity index (χ1n) is 7.56. The molecule has 0 spiro atoms. The van der Waals surface area contributed by atoms with Crippen molar-refractivity contribution < 1.29 is 22.7 Å². The number of carbonyl (C=O) groups excluding carboxylic acids is 2. The fourth-order valence-corrected chi connectivity index (χ4v) is 2.98. The second-order valence-electron chi connectivity index (χ2n) is 5.68. The molecule has 1 aromatic rings. The zero-order chi connectivity index (χ0) is 18.5. The third kappa shape index (κ3) is 4.55. The van der Waals surface area contributed by atoms with Crippen molar-refractivity contribution in [3.05, 3.63) is 29.8 Å². The molecule has 1 aromatic carbocycles. The Morgan fingerprint density at radius 3 is 2.42 bits per heavy atom. The van der Waals surface area contributed by atoms with Gasteiger partial charge in [-0.3, -0.25) is 4.79 Å². The smallest absolute Gasteiger partial charge is 0.328 e. The maximum Gasteiger partial charge on any atom is 0.328 e. The van der Waals surface area contributed by atoms with Crippen LogP contribution < -0.4 is 5.32 Å². The molecule has 1 N–H and O–H groups in total. The van der Waals surface area contributed by atoms with Crippen LogP contribution in [0.3, 0.4) is 0 Å². The summed E-state index contributed by atoms with van der Waals surface area (Å²) in [6, 6.07) is 4.90. The first kappa shape index (κ1) is 20.1. The van der Waals surface area contributed by atoms with Gasteiger partial charge in [-0.2, -0.15) is 0 Å².